The quantitative estimate of drug-likeness (QED) is 0.640. The lowest BCUT2D eigenvalue weighted by Gasteiger charge is -2.06. The Kier molecular flexibility index (Phi) is 3.62. The molecule has 1 aromatic heterocycles. The zero-order valence-electron chi connectivity index (χ0n) is 10.2. The Morgan fingerprint density at radius 2 is 2.10 bits per heavy atom. The van der Waals surface area contributed by atoms with Crippen molar-refractivity contribution in [2.75, 3.05) is 5.32 Å². The third-order valence-corrected chi connectivity index (χ3v) is 4.45. The van der Waals surface area contributed by atoms with Crippen LogP contribution in [-0.2, 0) is 0 Å². The van der Waals surface area contributed by atoms with Crippen LogP contribution in [0.2, 0.25) is 5.02 Å². The van der Waals surface area contributed by atoms with Crippen LogP contribution >= 0.6 is 34.2 Å². The third-order valence-electron chi connectivity index (χ3n) is 2.88. The molecule has 0 aliphatic carbocycles. The summed E-state index contributed by atoms with van der Waals surface area (Å²) >= 11 is 8.15. The highest BCUT2D eigenvalue weighted by molar-refractivity contribution is 14.1. The van der Waals surface area contributed by atoms with Crippen LogP contribution in [0.15, 0.2) is 42.6 Å². The molecule has 4 nitrogen and oxygen atoms in total. The molecule has 20 heavy (non-hydrogen) atoms. The summed E-state index contributed by atoms with van der Waals surface area (Å²) in [5.74, 6) is -0.189. The van der Waals surface area contributed by atoms with Gasteiger partial charge in [0.05, 0.1) is 16.7 Å². The Hall–Kier alpha value is -1.60. The van der Waals surface area contributed by atoms with Crippen LogP contribution in [0, 0.1) is 3.57 Å². The van der Waals surface area contributed by atoms with Crippen molar-refractivity contribution in [2.45, 2.75) is 0 Å². The lowest BCUT2D eigenvalue weighted by Crippen LogP contribution is -2.11. The molecule has 0 saturated carbocycles. The van der Waals surface area contributed by atoms with E-state index >= 15 is 0 Å². The van der Waals surface area contributed by atoms with Gasteiger partial charge in [0.2, 0.25) is 0 Å². The number of amides is 1. The van der Waals surface area contributed by atoms with Gasteiger partial charge in [0.15, 0.2) is 0 Å². The van der Waals surface area contributed by atoms with Crippen LogP contribution in [-0.4, -0.2) is 16.1 Å². The van der Waals surface area contributed by atoms with E-state index < -0.39 is 0 Å². The fourth-order valence-electron chi connectivity index (χ4n) is 1.86. The van der Waals surface area contributed by atoms with E-state index in [9.17, 15) is 4.79 Å². The molecule has 1 amide bonds. The highest BCUT2D eigenvalue weighted by Crippen LogP contribution is 2.21. The third kappa shape index (κ3) is 2.64. The van der Waals surface area contributed by atoms with Crippen molar-refractivity contribution < 1.29 is 4.79 Å². The van der Waals surface area contributed by atoms with Gasteiger partial charge in [-0.3, -0.25) is 9.89 Å². The fourth-order valence-corrected chi connectivity index (χ4v) is 2.38. The number of fused-ring (bicyclic) bond motifs is 1. The molecular formula is C14H9ClIN3O. The van der Waals surface area contributed by atoms with Crippen molar-refractivity contribution in [3.63, 3.8) is 0 Å². The van der Waals surface area contributed by atoms with Gasteiger partial charge in [-0.05, 0) is 59.0 Å². The molecule has 0 radical (unpaired) electrons. The molecule has 0 aliphatic rings. The molecule has 0 spiro atoms. The van der Waals surface area contributed by atoms with E-state index in [4.69, 9.17) is 11.6 Å². The van der Waals surface area contributed by atoms with Crippen LogP contribution in [0.25, 0.3) is 10.9 Å². The van der Waals surface area contributed by atoms with Crippen LogP contribution in [0.4, 0.5) is 5.69 Å². The molecule has 0 aliphatic heterocycles. The zero-order valence-corrected chi connectivity index (χ0v) is 13.1. The number of rotatable bonds is 2. The van der Waals surface area contributed by atoms with E-state index in [0.29, 0.717) is 10.6 Å². The standard InChI is InChI=1S/C14H9ClIN3O/c15-11-6-8(1-3-12(11)16)14(20)18-10-2-4-13-9(5-10)7-17-19-13/h1-7H,(H,17,19)(H,18,20). The molecule has 3 rings (SSSR count). The van der Waals surface area contributed by atoms with Crippen LogP contribution in [0.1, 0.15) is 10.4 Å². The number of benzene rings is 2. The Labute approximate surface area is 133 Å². The summed E-state index contributed by atoms with van der Waals surface area (Å²) in [6, 6.07) is 10.8. The number of carbonyl (C=O) groups excluding carboxylic acids is 1. The van der Waals surface area contributed by atoms with Crippen molar-refractivity contribution in [2.24, 2.45) is 0 Å². The molecule has 0 bridgehead atoms. The highest BCUT2D eigenvalue weighted by Gasteiger charge is 2.08. The van der Waals surface area contributed by atoms with Gasteiger partial charge in [-0.15, -0.1) is 0 Å². The maximum Gasteiger partial charge on any atom is 0.255 e. The number of hydrogen-bond acceptors (Lipinski definition) is 2. The van der Waals surface area contributed by atoms with Crippen molar-refractivity contribution >= 4 is 56.7 Å². The van der Waals surface area contributed by atoms with Crippen molar-refractivity contribution in [1.29, 1.82) is 0 Å². The molecule has 1 heterocycles. The second kappa shape index (κ2) is 5.41. The predicted octanol–water partition coefficient (Wildman–Crippen LogP) is 4.07. The van der Waals surface area contributed by atoms with Gasteiger partial charge >= 0.3 is 0 Å². The molecule has 0 unspecified atom stereocenters. The first-order valence-electron chi connectivity index (χ1n) is 5.83. The van der Waals surface area contributed by atoms with Crippen molar-refractivity contribution in [1.82, 2.24) is 10.2 Å². The number of carbonyl (C=O) groups is 1. The minimum Gasteiger partial charge on any atom is -0.322 e. The van der Waals surface area contributed by atoms with Crippen LogP contribution < -0.4 is 5.32 Å². The normalized spacial score (nSPS) is 10.7. The SMILES string of the molecule is O=C(Nc1ccc2[nH]ncc2c1)c1ccc(I)c(Cl)c1. The summed E-state index contributed by atoms with van der Waals surface area (Å²) in [4.78, 5) is 12.2. The van der Waals surface area contributed by atoms with Gasteiger partial charge in [-0.1, -0.05) is 11.6 Å². The summed E-state index contributed by atoms with van der Waals surface area (Å²) in [6.45, 7) is 0. The van der Waals surface area contributed by atoms with Gasteiger partial charge in [-0.25, -0.2) is 0 Å². The van der Waals surface area contributed by atoms with Crippen LogP contribution in [0.5, 0.6) is 0 Å². The molecule has 0 saturated heterocycles. The Balaban J connectivity index is 1.85. The molecule has 0 fully saturated rings. The van der Waals surface area contributed by atoms with E-state index in [1.54, 1.807) is 18.3 Å². The molecule has 100 valence electrons. The average Bonchev–Trinajstić information content (AvgIpc) is 2.89. The van der Waals surface area contributed by atoms with Crippen molar-refractivity contribution in [3.05, 3.63) is 56.8 Å². The smallest absolute Gasteiger partial charge is 0.255 e. The molecule has 0 atom stereocenters. The maximum atomic E-state index is 12.2. The summed E-state index contributed by atoms with van der Waals surface area (Å²) in [5.41, 5.74) is 2.18. The summed E-state index contributed by atoms with van der Waals surface area (Å²) in [7, 11) is 0. The van der Waals surface area contributed by atoms with E-state index in [0.717, 1.165) is 20.2 Å². The summed E-state index contributed by atoms with van der Waals surface area (Å²) in [6.07, 6.45) is 1.72. The lowest BCUT2D eigenvalue weighted by atomic mass is 10.2. The van der Waals surface area contributed by atoms with E-state index in [1.807, 2.05) is 24.3 Å². The number of halogens is 2. The second-order valence-corrected chi connectivity index (χ2v) is 5.82. The second-order valence-electron chi connectivity index (χ2n) is 4.26. The Morgan fingerprint density at radius 1 is 1.25 bits per heavy atom. The molecule has 6 heteroatoms. The maximum absolute atomic E-state index is 12.2. The number of H-pyrrole nitrogens is 1. The van der Waals surface area contributed by atoms with Crippen molar-refractivity contribution in [3.8, 4) is 0 Å². The number of aromatic amines is 1. The average molecular weight is 398 g/mol. The largest absolute Gasteiger partial charge is 0.322 e. The minimum absolute atomic E-state index is 0.189. The predicted molar refractivity (Wildman–Crippen MR) is 88.2 cm³/mol. The van der Waals surface area contributed by atoms with Crippen LogP contribution in [0.3, 0.4) is 0 Å². The van der Waals surface area contributed by atoms with Gasteiger partial charge in [0.25, 0.3) is 5.91 Å². The minimum atomic E-state index is -0.189. The molecule has 3 aromatic rings. The number of aromatic nitrogens is 2. The topological polar surface area (TPSA) is 57.8 Å². The molecule has 2 aromatic carbocycles. The monoisotopic (exact) mass is 397 g/mol. The zero-order chi connectivity index (χ0) is 14.1. The van der Waals surface area contributed by atoms with Gasteiger partial charge in [0.1, 0.15) is 0 Å². The molecular weight excluding hydrogens is 389 g/mol. The fraction of sp³-hybridized carbons (Fsp3) is 0. The first kappa shape index (κ1) is 13.4. The Bertz CT molecular complexity index is 800. The number of hydrogen-bond donors (Lipinski definition) is 2. The first-order valence-corrected chi connectivity index (χ1v) is 7.29. The van der Waals surface area contributed by atoms with E-state index in [-0.39, 0.29) is 5.91 Å². The Morgan fingerprint density at radius 3 is 2.90 bits per heavy atom. The number of nitrogens with zero attached hydrogens (tertiary/aromatic N) is 1. The lowest BCUT2D eigenvalue weighted by molar-refractivity contribution is 0.102. The van der Waals surface area contributed by atoms with Gasteiger partial charge < -0.3 is 5.32 Å². The summed E-state index contributed by atoms with van der Waals surface area (Å²) < 4.78 is 0.917. The van der Waals surface area contributed by atoms with E-state index in [2.05, 4.69) is 38.1 Å². The van der Waals surface area contributed by atoms with Gasteiger partial charge in [0, 0.05) is 20.2 Å². The highest BCUT2D eigenvalue weighted by atomic mass is 127. The first-order chi connectivity index (χ1) is 9.63. The number of anilines is 1. The van der Waals surface area contributed by atoms with E-state index in [1.165, 1.54) is 0 Å². The summed E-state index contributed by atoms with van der Waals surface area (Å²) in [5, 5.41) is 11.2. The number of nitrogens with one attached hydrogen (secondary N) is 2. The van der Waals surface area contributed by atoms with Gasteiger partial charge in [-0.2, -0.15) is 5.10 Å². The molecule has 2 N–H and O–H groups in total.